The van der Waals surface area contributed by atoms with Gasteiger partial charge in [0.25, 0.3) is 0 Å². The fourth-order valence-electron chi connectivity index (χ4n) is 4.94. The van der Waals surface area contributed by atoms with Gasteiger partial charge in [-0.2, -0.15) is 0 Å². The van der Waals surface area contributed by atoms with Crippen molar-refractivity contribution in [2.75, 3.05) is 16.0 Å². The molecular weight excluding hydrogens is 526 g/mol. The molecule has 3 N–H and O–H groups in total. The Labute approximate surface area is 255 Å². The number of rotatable bonds is 25. The molecule has 0 aliphatic rings. The average molecular weight is 586 g/mol. The second-order valence-electron chi connectivity index (χ2n) is 11.7. The van der Waals surface area contributed by atoms with Crippen molar-refractivity contribution in [1.82, 2.24) is 0 Å². The Bertz CT molecular complexity index is 798. The van der Waals surface area contributed by atoms with Crippen molar-refractivity contribution in [3.63, 3.8) is 0 Å². The highest BCUT2D eigenvalue weighted by molar-refractivity contribution is 6.02. The van der Waals surface area contributed by atoms with Gasteiger partial charge in [0, 0.05) is 37.8 Å². The lowest BCUT2D eigenvalue weighted by Crippen LogP contribution is -2.19. The van der Waals surface area contributed by atoms with Crippen molar-refractivity contribution in [2.24, 2.45) is 0 Å². The van der Waals surface area contributed by atoms with Crippen LogP contribution in [-0.4, -0.2) is 23.5 Å². The second kappa shape index (κ2) is 23.8. The number of unbranched alkanes of at least 4 members (excludes halogenated alkanes) is 12. The van der Waals surface area contributed by atoms with Crippen molar-refractivity contribution < 1.29 is 19.2 Å². The maximum Gasteiger partial charge on any atom is 0.224 e. The van der Waals surface area contributed by atoms with Gasteiger partial charge in [-0.1, -0.05) is 105 Å². The molecule has 42 heavy (non-hydrogen) atoms. The number of hydrogen-bond acceptors (Lipinski definition) is 4. The highest BCUT2D eigenvalue weighted by Crippen LogP contribution is 2.32. The predicted octanol–water partition coefficient (Wildman–Crippen LogP) is 9.50. The zero-order valence-corrected chi connectivity index (χ0v) is 27.1. The van der Waals surface area contributed by atoms with Crippen molar-refractivity contribution >= 4 is 40.6 Å². The Morgan fingerprint density at radius 1 is 0.452 bits per heavy atom. The number of benzene rings is 1. The summed E-state index contributed by atoms with van der Waals surface area (Å²) in [5.74, 6) is -0.239. The smallest absolute Gasteiger partial charge is 0.224 e. The second-order valence-corrected chi connectivity index (χ2v) is 11.7. The number of carbonyl (C=O) groups is 4. The molecule has 0 saturated carbocycles. The number of nitrogens with one attached hydrogen (secondary N) is 3. The van der Waals surface area contributed by atoms with Crippen LogP contribution in [0.5, 0.6) is 0 Å². The first-order chi connectivity index (χ1) is 20.3. The van der Waals surface area contributed by atoms with Gasteiger partial charge in [0.1, 0.15) is 5.78 Å². The van der Waals surface area contributed by atoms with Gasteiger partial charge in [-0.15, -0.1) is 0 Å². The number of hydrogen-bond donors (Lipinski definition) is 3. The Morgan fingerprint density at radius 2 is 0.810 bits per heavy atom. The predicted molar refractivity (Wildman–Crippen MR) is 176 cm³/mol. The topological polar surface area (TPSA) is 104 Å². The summed E-state index contributed by atoms with van der Waals surface area (Å²) in [5, 5.41) is 8.99. The van der Waals surface area contributed by atoms with E-state index >= 15 is 0 Å². The molecule has 1 rings (SSSR count). The van der Waals surface area contributed by atoms with E-state index in [4.69, 9.17) is 0 Å². The molecule has 0 fully saturated rings. The van der Waals surface area contributed by atoms with Crippen LogP contribution in [0.3, 0.4) is 0 Å². The van der Waals surface area contributed by atoms with E-state index in [1.165, 1.54) is 0 Å². The van der Waals surface area contributed by atoms with Gasteiger partial charge in [0.15, 0.2) is 0 Å². The Kier molecular flexibility index (Phi) is 21.2. The number of Topliss-reactive ketones (excluding diaryl/α,β-unsaturated/α-hetero) is 1. The minimum atomic E-state index is -0.124. The van der Waals surface area contributed by atoms with Gasteiger partial charge < -0.3 is 16.0 Å². The summed E-state index contributed by atoms with van der Waals surface area (Å²) in [4.78, 5) is 51.6. The summed E-state index contributed by atoms with van der Waals surface area (Å²) in [5.41, 5.74) is 2.13. The van der Waals surface area contributed by atoms with Crippen LogP contribution in [0.1, 0.15) is 162 Å². The first-order valence-corrected chi connectivity index (χ1v) is 16.9. The highest BCUT2D eigenvalue weighted by Gasteiger charge is 2.18. The molecule has 0 radical (unpaired) electrons. The molecule has 7 heteroatoms. The van der Waals surface area contributed by atoms with Gasteiger partial charge in [-0.3, -0.25) is 19.2 Å². The molecule has 1 aromatic rings. The standard InChI is InChI=1S/C35H59N3O4/c1-5-9-13-17-21-29(39)25-28-26-31(37-34(41)23-19-15-11-7-3)32(38-35(42)24-20-16-12-8-4)27-30(28)36-33(40)22-18-14-10-6-2/h26-27H,5-25H2,1-4H3,(H,36,40)(H,37,41)(H,38,42). The molecule has 0 aliphatic carbocycles. The Balaban J connectivity index is 3.24. The SMILES string of the molecule is CCCCCCC(=O)Cc1cc(NC(=O)CCCCCC)c(NC(=O)CCCCCC)cc1NC(=O)CCCCCC. The van der Waals surface area contributed by atoms with Gasteiger partial charge in [-0.05, 0) is 43.4 Å². The molecule has 238 valence electrons. The summed E-state index contributed by atoms with van der Waals surface area (Å²) in [6, 6.07) is 3.49. The zero-order chi connectivity index (χ0) is 31.0. The first-order valence-electron chi connectivity index (χ1n) is 16.9. The molecule has 0 atom stereocenters. The minimum absolute atomic E-state index is 0.104. The lowest BCUT2D eigenvalue weighted by atomic mass is 10.00. The molecule has 0 spiro atoms. The van der Waals surface area contributed by atoms with Crippen LogP contribution in [-0.2, 0) is 25.6 Å². The third-order valence-electron chi connectivity index (χ3n) is 7.53. The molecule has 0 aliphatic heterocycles. The van der Waals surface area contributed by atoms with E-state index in [1.807, 2.05) is 0 Å². The number of carbonyl (C=O) groups excluding carboxylic acids is 4. The monoisotopic (exact) mass is 585 g/mol. The zero-order valence-electron chi connectivity index (χ0n) is 27.1. The normalized spacial score (nSPS) is 10.9. The van der Waals surface area contributed by atoms with E-state index in [2.05, 4.69) is 43.6 Å². The van der Waals surface area contributed by atoms with Crippen LogP contribution in [0, 0.1) is 0 Å². The van der Waals surface area contributed by atoms with E-state index in [0.29, 0.717) is 48.3 Å². The van der Waals surface area contributed by atoms with Crippen LogP contribution >= 0.6 is 0 Å². The van der Waals surface area contributed by atoms with Gasteiger partial charge in [0.2, 0.25) is 17.7 Å². The third-order valence-corrected chi connectivity index (χ3v) is 7.53. The van der Waals surface area contributed by atoms with Crippen LogP contribution in [0.25, 0.3) is 0 Å². The van der Waals surface area contributed by atoms with Crippen molar-refractivity contribution in [1.29, 1.82) is 0 Å². The maximum absolute atomic E-state index is 13.0. The molecule has 7 nitrogen and oxygen atoms in total. The van der Waals surface area contributed by atoms with Crippen molar-refractivity contribution in [3.8, 4) is 0 Å². The summed E-state index contributed by atoms with van der Waals surface area (Å²) in [7, 11) is 0. The van der Waals surface area contributed by atoms with E-state index in [0.717, 1.165) is 103 Å². The first kappa shape index (κ1) is 37.3. The Morgan fingerprint density at radius 3 is 1.21 bits per heavy atom. The van der Waals surface area contributed by atoms with Crippen LogP contribution in [0.2, 0.25) is 0 Å². The fourth-order valence-corrected chi connectivity index (χ4v) is 4.94. The number of amides is 3. The summed E-state index contributed by atoms with van der Waals surface area (Å²) >= 11 is 0. The van der Waals surface area contributed by atoms with Crippen LogP contribution in [0.4, 0.5) is 17.1 Å². The summed E-state index contributed by atoms with van der Waals surface area (Å²) in [6.45, 7) is 8.55. The fraction of sp³-hybridized carbons (Fsp3) is 0.714. The molecule has 0 heterocycles. The maximum atomic E-state index is 13.0. The Hall–Kier alpha value is -2.70. The van der Waals surface area contributed by atoms with E-state index in [9.17, 15) is 19.2 Å². The van der Waals surface area contributed by atoms with Crippen molar-refractivity contribution in [3.05, 3.63) is 17.7 Å². The van der Waals surface area contributed by atoms with Crippen LogP contribution < -0.4 is 16.0 Å². The molecule has 3 amide bonds. The number of anilines is 3. The molecule has 0 aromatic heterocycles. The molecule has 1 aromatic carbocycles. The van der Waals surface area contributed by atoms with E-state index in [-0.39, 0.29) is 29.9 Å². The largest absolute Gasteiger partial charge is 0.326 e. The van der Waals surface area contributed by atoms with Crippen molar-refractivity contribution in [2.45, 2.75) is 163 Å². The molecular formula is C35H59N3O4. The quantitative estimate of drug-likeness (QED) is 0.0994. The lowest BCUT2D eigenvalue weighted by Gasteiger charge is -2.19. The van der Waals surface area contributed by atoms with E-state index in [1.54, 1.807) is 12.1 Å². The summed E-state index contributed by atoms with van der Waals surface area (Å²) in [6.07, 6.45) is 17.8. The van der Waals surface area contributed by atoms with Gasteiger partial charge in [-0.25, -0.2) is 0 Å². The molecule has 0 saturated heterocycles. The van der Waals surface area contributed by atoms with E-state index < -0.39 is 0 Å². The van der Waals surface area contributed by atoms with Gasteiger partial charge >= 0.3 is 0 Å². The molecule has 0 unspecified atom stereocenters. The van der Waals surface area contributed by atoms with Crippen LogP contribution in [0.15, 0.2) is 12.1 Å². The average Bonchev–Trinajstić information content (AvgIpc) is 2.96. The lowest BCUT2D eigenvalue weighted by molar-refractivity contribution is -0.119. The molecule has 0 bridgehead atoms. The minimum Gasteiger partial charge on any atom is -0.326 e. The highest BCUT2D eigenvalue weighted by atomic mass is 16.2. The van der Waals surface area contributed by atoms with Gasteiger partial charge in [0.05, 0.1) is 11.4 Å². The number of ketones is 1. The third kappa shape index (κ3) is 17.3. The summed E-state index contributed by atoms with van der Waals surface area (Å²) < 4.78 is 0.